The van der Waals surface area contributed by atoms with E-state index in [0.717, 1.165) is 11.1 Å². The molecule has 3 rings (SSSR count). The number of benzene rings is 2. The highest BCUT2D eigenvalue weighted by molar-refractivity contribution is 5.94. The van der Waals surface area contributed by atoms with Crippen LogP contribution in [0.15, 0.2) is 53.1 Å². The molecule has 0 unspecified atom stereocenters. The molecule has 1 amide bonds. The van der Waals surface area contributed by atoms with Gasteiger partial charge >= 0.3 is 0 Å². The Morgan fingerprint density at radius 1 is 1.13 bits per heavy atom. The summed E-state index contributed by atoms with van der Waals surface area (Å²) in [5, 5.41) is 6.78. The summed E-state index contributed by atoms with van der Waals surface area (Å²) in [6, 6.07) is 15.2. The average Bonchev–Trinajstić information content (AvgIpc) is 2.99. The van der Waals surface area contributed by atoms with E-state index in [4.69, 9.17) is 4.52 Å². The zero-order chi connectivity index (χ0) is 16.2. The maximum atomic E-state index is 12.2. The first-order chi connectivity index (χ1) is 11.1. The lowest BCUT2D eigenvalue weighted by Gasteiger charge is -2.06. The number of carbonyl (C=O) groups excluding carboxylic acids is 1. The fourth-order valence-electron chi connectivity index (χ4n) is 2.29. The van der Waals surface area contributed by atoms with Crippen LogP contribution in [0.1, 0.15) is 27.4 Å². The van der Waals surface area contributed by atoms with Crippen LogP contribution >= 0.6 is 0 Å². The summed E-state index contributed by atoms with van der Waals surface area (Å²) < 4.78 is 4.95. The molecule has 5 nitrogen and oxygen atoms in total. The fraction of sp³-hybridized carbons (Fsp3) is 0.167. The van der Waals surface area contributed by atoms with E-state index in [2.05, 4.69) is 21.5 Å². The maximum absolute atomic E-state index is 12.2. The van der Waals surface area contributed by atoms with Gasteiger partial charge in [-0.25, -0.2) is 0 Å². The zero-order valence-corrected chi connectivity index (χ0v) is 13.0. The van der Waals surface area contributed by atoms with Gasteiger partial charge in [0.05, 0.1) is 0 Å². The van der Waals surface area contributed by atoms with E-state index in [0.29, 0.717) is 23.8 Å². The van der Waals surface area contributed by atoms with Gasteiger partial charge in [-0.3, -0.25) is 4.79 Å². The van der Waals surface area contributed by atoms with Gasteiger partial charge in [0.2, 0.25) is 11.7 Å². The Kier molecular flexibility index (Phi) is 4.19. The molecule has 0 spiro atoms. The second-order valence-corrected chi connectivity index (χ2v) is 5.39. The van der Waals surface area contributed by atoms with Crippen LogP contribution < -0.4 is 5.32 Å². The summed E-state index contributed by atoms with van der Waals surface area (Å²) in [4.78, 5) is 16.4. The van der Waals surface area contributed by atoms with Crippen molar-refractivity contribution >= 4 is 5.91 Å². The Hall–Kier alpha value is -2.95. The number of carbonyl (C=O) groups is 1. The van der Waals surface area contributed by atoms with Gasteiger partial charge in [-0.1, -0.05) is 47.1 Å². The second kappa shape index (κ2) is 6.44. The van der Waals surface area contributed by atoms with Crippen molar-refractivity contribution in [1.82, 2.24) is 15.5 Å². The molecule has 1 aromatic heterocycles. The van der Waals surface area contributed by atoms with E-state index in [9.17, 15) is 4.79 Å². The molecule has 1 N–H and O–H groups in total. The summed E-state index contributed by atoms with van der Waals surface area (Å²) in [5.74, 6) is 0.927. The molecule has 23 heavy (non-hydrogen) atoms. The molecule has 0 radical (unpaired) electrons. The van der Waals surface area contributed by atoms with Crippen molar-refractivity contribution in [3.8, 4) is 11.4 Å². The SMILES string of the molecule is Cc1cccc(CNC(=O)c2ccc(-c3noc(C)n3)cc2)c1. The lowest BCUT2D eigenvalue weighted by atomic mass is 10.1. The first-order valence-corrected chi connectivity index (χ1v) is 7.36. The summed E-state index contributed by atoms with van der Waals surface area (Å²) in [5.41, 5.74) is 3.67. The lowest BCUT2D eigenvalue weighted by molar-refractivity contribution is 0.0951. The minimum absolute atomic E-state index is 0.109. The molecular weight excluding hydrogens is 290 g/mol. The highest BCUT2D eigenvalue weighted by Gasteiger charge is 2.08. The number of amides is 1. The van der Waals surface area contributed by atoms with Crippen LogP contribution in [0.4, 0.5) is 0 Å². The highest BCUT2D eigenvalue weighted by Crippen LogP contribution is 2.16. The normalized spacial score (nSPS) is 10.5. The van der Waals surface area contributed by atoms with Crippen molar-refractivity contribution in [1.29, 1.82) is 0 Å². The summed E-state index contributed by atoms with van der Waals surface area (Å²) >= 11 is 0. The van der Waals surface area contributed by atoms with Crippen molar-refractivity contribution in [3.63, 3.8) is 0 Å². The molecule has 1 heterocycles. The number of hydrogen-bond donors (Lipinski definition) is 1. The van der Waals surface area contributed by atoms with Crippen molar-refractivity contribution in [2.24, 2.45) is 0 Å². The van der Waals surface area contributed by atoms with Gasteiger partial charge in [-0.15, -0.1) is 0 Å². The lowest BCUT2D eigenvalue weighted by Crippen LogP contribution is -2.22. The Morgan fingerprint density at radius 3 is 2.57 bits per heavy atom. The van der Waals surface area contributed by atoms with Gasteiger partial charge in [-0.2, -0.15) is 4.98 Å². The van der Waals surface area contributed by atoms with Crippen LogP contribution in [0.3, 0.4) is 0 Å². The first-order valence-electron chi connectivity index (χ1n) is 7.36. The van der Waals surface area contributed by atoms with E-state index in [1.54, 1.807) is 19.1 Å². The summed E-state index contributed by atoms with van der Waals surface area (Å²) in [6.45, 7) is 4.28. The topological polar surface area (TPSA) is 68.0 Å². The van der Waals surface area contributed by atoms with Gasteiger partial charge < -0.3 is 9.84 Å². The summed E-state index contributed by atoms with van der Waals surface area (Å²) in [7, 11) is 0. The zero-order valence-electron chi connectivity index (χ0n) is 13.0. The Balaban J connectivity index is 1.66. The number of nitrogens with one attached hydrogen (secondary N) is 1. The Morgan fingerprint density at radius 2 is 1.91 bits per heavy atom. The van der Waals surface area contributed by atoms with E-state index < -0.39 is 0 Å². The molecule has 0 bridgehead atoms. The van der Waals surface area contributed by atoms with Gasteiger partial charge in [0.1, 0.15) is 0 Å². The van der Waals surface area contributed by atoms with Crippen LogP contribution in [-0.2, 0) is 6.54 Å². The summed E-state index contributed by atoms with van der Waals surface area (Å²) in [6.07, 6.45) is 0. The molecule has 2 aromatic carbocycles. The first kappa shape index (κ1) is 15.0. The molecule has 0 saturated carbocycles. The minimum atomic E-state index is -0.109. The third kappa shape index (κ3) is 3.63. The smallest absolute Gasteiger partial charge is 0.251 e. The van der Waals surface area contributed by atoms with E-state index in [1.807, 2.05) is 37.3 Å². The number of aromatic nitrogens is 2. The van der Waals surface area contributed by atoms with E-state index in [1.165, 1.54) is 5.56 Å². The Bertz CT molecular complexity index is 822. The Labute approximate surface area is 134 Å². The quantitative estimate of drug-likeness (QED) is 0.803. The molecule has 0 atom stereocenters. The molecule has 0 aliphatic rings. The van der Waals surface area contributed by atoms with Crippen LogP contribution in [0.5, 0.6) is 0 Å². The van der Waals surface area contributed by atoms with Crippen molar-refractivity contribution in [2.45, 2.75) is 20.4 Å². The molecule has 0 fully saturated rings. The molecule has 0 aliphatic heterocycles. The van der Waals surface area contributed by atoms with Gasteiger partial charge in [-0.05, 0) is 24.6 Å². The highest BCUT2D eigenvalue weighted by atomic mass is 16.5. The monoisotopic (exact) mass is 307 g/mol. The average molecular weight is 307 g/mol. The van der Waals surface area contributed by atoms with Crippen LogP contribution in [-0.4, -0.2) is 16.0 Å². The molecular formula is C18H17N3O2. The fourth-order valence-corrected chi connectivity index (χ4v) is 2.29. The standard InChI is InChI=1S/C18H17N3O2/c1-12-4-3-5-14(10-12)11-19-18(22)16-8-6-15(7-9-16)17-20-13(2)23-21-17/h3-10H,11H2,1-2H3,(H,19,22). The minimum Gasteiger partial charge on any atom is -0.348 e. The third-order valence-corrected chi connectivity index (χ3v) is 3.47. The molecule has 116 valence electrons. The van der Waals surface area contributed by atoms with Crippen LogP contribution in [0, 0.1) is 13.8 Å². The van der Waals surface area contributed by atoms with Crippen molar-refractivity contribution < 1.29 is 9.32 Å². The van der Waals surface area contributed by atoms with Crippen molar-refractivity contribution in [2.75, 3.05) is 0 Å². The third-order valence-electron chi connectivity index (χ3n) is 3.47. The number of aryl methyl sites for hydroxylation is 2. The molecule has 3 aromatic rings. The predicted octanol–water partition coefficient (Wildman–Crippen LogP) is 3.28. The largest absolute Gasteiger partial charge is 0.348 e. The van der Waals surface area contributed by atoms with Gasteiger partial charge in [0.15, 0.2) is 0 Å². The van der Waals surface area contributed by atoms with Gasteiger partial charge in [0, 0.05) is 24.6 Å². The van der Waals surface area contributed by atoms with Crippen molar-refractivity contribution in [3.05, 3.63) is 71.1 Å². The number of rotatable bonds is 4. The number of nitrogens with zero attached hydrogens (tertiary/aromatic N) is 2. The van der Waals surface area contributed by atoms with E-state index >= 15 is 0 Å². The van der Waals surface area contributed by atoms with E-state index in [-0.39, 0.29) is 5.91 Å². The predicted molar refractivity (Wildman–Crippen MR) is 86.8 cm³/mol. The molecule has 0 aliphatic carbocycles. The molecule has 5 heteroatoms. The van der Waals surface area contributed by atoms with Gasteiger partial charge in [0.25, 0.3) is 5.91 Å². The second-order valence-electron chi connectivity index (χ2n) is 5.39. The van der Waals surface area contributed by atoms with Crippen LogP contribution in [0.2, 0.25) is 0 Å². The maximum Gasteiger partial charge on any atom is 0.251 e. The molecule has 0 saturated heterocycles. The number of hydrogen-bond acceptors (Lipinski definition) is 4. The van der Waals surface area contributed by atoms with Crippen LogP contribution in [0.25, 0.3) is 11.4 Å².